The summed E-state index contributed by atoms with van der Waals surface area (Å²) in [5.41, 5.74) is 15.3. The van der Waals surface area contributed by atoms with Crippen LogP contribution in [0, 0.1) is 0 Å². The minimum Gasteiger partial charge on any atom is -0.492 e. The Bertz CT molecular complexity index is 1230. The molecule has 3 heterocycles. The quantitative estimate of drug-likeness (QED) is 0.548. The Hall–Kier alpha value is -3.94. The highest BCUT2D eigenvalue weighted by molar-refractivity contribution is 5.97. The minimum absolute atomic E-state index is 0.109. The van der Waals surface area contributed by atoms with Crippen LogP contribution in [-0.2, 0) is 0 Å². The van der Waals surface area contributed by atoms with Crippen LogP contribution < -0.4 is 20.9 Å². The number of ether oxygens (including phenoxy) is 2. The van der Waals surface area contributed by atoms with E-state index in [1.54, 1.807) is 12.4 Å². The highest BCUT2D eigenvalue weighted by Gasteiger charge is 2.29. The molecular weight excluding hydrogens is 368 g/mol. The van der Waals surface area contributed by atoms with E-state index in [-0.39, 0.29) is 11.9 Å². The van der Waals surface area contributed by atoms with Crippen LogP contribution in [0.4, 0.5) is 11.8 Å². The summed E-state index contributed by atoms with van der Waals surface area (Å²) in [5, 5.41) is 0.668. The Balaban J connectivity index is 1.62. The first kappa shape index (κ1) is 17.2. The SMILES string of the molecule is CC1COc2c1c(Oc1cccc(-c3cncnc3)c1)cc1nc(N)nc(N)c21. The Morgan fingerprint density at radius 3 is 2.72 bits per heavy atom. The molecule has 29 heavy (non-hydrogen) atoms. The predicted octanol–water partition coefficient (Wildman–Crippen LogP) is 3.54. The summed E-state index contributed by atoms with van der Waals surface area (Å²) in [6.45, 7) is 2.62. The summed E-state index contributed by atoms with van der Waals surface area (Å²) in [6.07, 6.45) is 5.03. The van der Waals surface area contributed by atoms with Crippen molar-refractivity contribution in [1.29, 1.82) is 0 Å². The Morgan fingerprint density at radius 1 is 1.07 bits per heavy atom. The van der Waals surface area contributed by atoms with Crippen molar-refractivity contribution in [3.8, 4) is 28.4 Å². The standard InChI is InChI=1S/C21H18N6O2/c1-11-9-28-19-17(11)16(6-15-18(19)20(22)27-21(23)26-15)29-14-4-2-3-12(5-14)13-7-24-10-25-8-13/h2-8,10-11H,9H2,1H3,(H4,22,23,26,27). The highest BCUT2D eigenvalue weighted by Crippen LogP contribution is 2.48. The smallest absolute Gasteiger partial charge is 0.222 e. The van der Waals surface area contributed by atoms with Gasteiger partial charge < -0.3 is 20.9 Å². The van der Waals surface area contributed by atoms with Gasteiger partial charge in [-0.3, -0.25) is 0 Å². The van der Waals surface area contributed by atoms with Crippen LogP contribution in [0.2, 0.25) is 0 Å². The van der Waals surface area contributed by atoms with Crippen molar-refractivity contribution in [2.45, 2.75) is 12.8 Å². The first-order valence-electron chi connectivity index (χ1n) is 9.16. The minimum atomic E-state index is 0.109. The average molecular weight is 386 g/mol. The zero-order valence-corrected chi connectivity index (χ0v) is 15.7. The fraction of sp³-hybridized carbons (Fsp3) is 0.143. The molecule has 8 nitrogen and oxygen atoms in total. The molecule has 4 aromatic rings. The predicted molar refractivity (Wildman–Crippen MR) is 110 cm³/mol. The van der Waals surface area contributed by atoms with Crippen LogP contribution >= 0.6 is 0 Å². The second-order valence-electron chi connectivity index (χ2n) is 6.95. The number of rotatable bonds is 3. The van der Waals surface area contributed by atoms with E-state index in [2.05, 4.69) is 26.9 Å². The van der Waals surface area contributed by atoms with E-state index in [0.717, 1.165) is 16.7 Å². The van der Waals surface area contributed by atoms with Gasteiger partial charge in [-0.15, -0.1) is 0 Å². The van der Waals surface area contributed by atoms with Gasteiger partial charge in [0.05, 0.1) is 17.5 Å². The largest absolute Gasteiger partial charge is 0.492 e. The topological polar surface area (TPSA) is 122 Å². The van der Waals surface area contributed by atoms with Crippen molar-refractivity contribution in [3.63, 3.8) is 0 Å². The molecule has 0 saturated carbocycles. The molecule has 2 aromatic carbocycles. The molecular formula is C21H18N6O2. The summed E-state index contributed by atoms with van der Waals surface area (Å²) < 4.78 is 12.2. The number of hydrogen-bond donors (Lipinski definition) is 2. The lowest BCUT2D eigenvalue weighted by Crippen LogP contribution is -2.02. The van der Waals surface area contributed by atoms with Gasteiger partial charge >= 0.3 is 0 Å². The zero-order valence-electron chi connectivity index (χ0n) is 15.7. The summed E-state index contributed by atoms with van der Waals surface area (Å²) >= 11 is 0. The van der Waals surface area contributed by atoms with Crippen LogP contribution in [0.15, 0.2) is 49.1 Å². The number of nitrogens with two attached hydrogens (primary N) is 2. The number of benzene rings is 2. The molecule has 1 atom stereocenters. The van der Waals surface area contributed by atoms with E-state index in [0.29, 0.717) is 40.6 Å². The maximum Gasteiger partial charge on any atom is 0.222 e. The summed E-state index contributed by atoms with van der Waals surface area (Å²) in [7, 11) is 0. The number of hydrogen-bond acceptors (Lipinski definition) is 8. The third kappa shape index (κ3) is 2.94. The van der Waals surface area contributed by atoms with Crippen molar-refractivity contribution < 1.29 is 9.47 Å². The molecule has 0 spiro atoms. The van der Waals surface area contributed by atoms with Crippen LogP contribution in [0.1, 0.15) is 18.4 Å². The molecule has 1 unspecified atom stereocenters. The average Bonchev–Trinajstić information content (AvgIpc) is 3.10. The molecule has 1 aliphatic rings. The van der Waals surface area contributed by atoms with E-state index in [1.807, 2.05) is 30.3 Å². The fourth-order valence-electron chi connectivity index (χ4n) is 3.61. The first-order chi connectivity index (χ1) is 14.1. The van der Waals surface area contributed by atoms with Crippen LogP contribution in [0.3, 0.4) is 0 Å². The monoisotopic (exact) mass is 386 g/mol. The highest BCUT2D eigenvalue weighted by atomic mass is 16.5. The van der Waals surface area contributed by atoms with Crippen LogP contribution in [-0.4, -0.2) is 26.5 Å². The third-order valence-corrected chi connectivity index (χ3v) is 4.91. The molecule has 0 fully saturated rings. The fourth-order valence-corrected chi connectivity index (χ4v) is 3.61. The van der Waals surface area contributed by atoms with Crippen molar-refractivity contribution in [3.05, 3.63) is 54.6 Å². The van der Waals surface area contributed by atoms with E-state index in [9.17, 15) is 0 Å². The van der Waals surface area contributed by atoms with Gasteiger partial charge in [-0.25, -0.2) is 15.0 Å². The number of nitrogens with zero attached hydrogens (tertiary/aromatic N) is 4. The van der Waals surface area contributed by atoms with Crippen molar-refractivity contribution in [2.24, 2.45) is 0 Å². The van der Waals surface area contributed by atoms with Gasteiger partial charge in [-0.05, 0) is 17.7 Å². The molecule has 144 valence electrons. The van der Waals surface area contributed by atoms with Gasteiger partial charge in [0, 0.05) is 35.5 Å². The molecule has 0 saturated heterocycles. The summed E-state index contributed by atoms with van der Waals surface area (Å²) in [4.78, 5) is 16.5. The van der Waals surface area contributed by atoms with Crippen LogP contribution in [0.5, 0.6) is 17.2 Å². The number of anilines is 2. The second-order valence-corrected chi connectivity index (χ2v) is 6.95. The lowest BCUT2D eigenvalue weighted by Gasteiger charge is -2.15. The lowest BCUT2D eigenvalue weighted by molar-refractivity contribution is 0.340. The Labute approximate surface area is 166 Å². The van der Waals surface area contributed by atoms with Crippen molar-refractivity contribution in [2.75, 3.05) is 18.1 Å². The van der Waals surface area contributed by atoms with E-state index >= 15 is 0 Å². The van der Waals surface area contributed by atoms with E-state index < -0.39 is 0 Å². The van der Waals surface area contributed by atoms with E-state index in [4.69, 9.17) is 20.9 Å². The third-order valence-electron chi connectivity index (χ3n) is 4.91. The molecule has 2 aromatic heterocycles. The normalized spacial score (nSPS) is 15.1. The Morgan fingerprint density at radius 2 is 1.90 bits per heavy atom. The Kier molecular flexibility index (Phi) is 3.90. The molecule has 0 aliphatic carbocycles. The van der Waals surface area contributed by atoms with Gasteiger partial charge in [0.25, 0.3) is 0 Å². The van der Waals surface area contributed by atoms with E-state index in [1.165, 1.54) is 6.33 Å². The molecule has 0 bridgehead atoms. The maximum atomic E-state index is 6.28. The van der Waals surface area contributed by atoms with Gasteiger partial charge in [0.1, 0.15) is 29.4 Å². The number of nitrogen functional groups attached to an aromatic ring is 2. The number of fused-ring (bicyclic) bond motifs is 3. The number of aromatic nitrogens is 4. The molecule has 1 aliphatic heterocycles. The molecule has 5 rings (SSSR count). The first-order valence-corrected chi connectivity index (χ1v) is 9.16. The van der Waals surface area contributed by atoms with Gasteiger partial charge in [0.15, 0.2) is 0 Å². The second kappa shape index (κ2) is 6.59. The van der Waals surface area contributed by atoms with Gasteiger partial charge in [-0.2, -0.15) is 4.98 Å². The van der Waals surface area contributed by atoms with Crippen molar-refractivity contribution >= 4 is 22.7 Å². The summed E-state index contributed by atoms with van der Waals surface area (Å²) in [5.74, 6) is 2.56. The molecule has 0 amide bonds. The maximum absolute atomic E-state index is 6.28. The van der Waals surface area contributed by atoms with Crippen LogP contribution in [0.25, 0.3) is 22.0 Å². The molecule has 8 heteroatoms. The van der Waals surface area contributed by atoms with Crippen molar-refractivity contribution in [1.82, 2.24) is 19.9 Å². The zero-order chi connectivity index (χ0) is 20.0. The van der Waals surface area contributed by atoms with Gasteiger partial charge in [0.2, 0.25) is 5.95 Å². The molecule has 4 N–H and O–H groups in total. The summed E-state index contributed by atoms with van der Waals surface area (Å²) in [6, 6.07) is 9.59. The lowest BCUT2D eigenvalue weighted by atomic mass is 9.99. The van der Waals surface area contributed by atoms with Gasteiger partial charge in [-0.1, -0.05) is 19.1 Å². The molecule has 0 radical (unpaired) electrons.